The summed E-state index contributed by atoms with van der Waals surface area (Å²) in [6, 6.07) is 37.4. The van der Waals surface area contributed by atoms with Crippen molar-refractivity contribution in [3.05, 3.63) is 120 Å². The summed E-state index contributed by atoms with van der Waals surface area (Å²) in [7, 11) is 0. The van der Waals surface area contributed by atoms with E-state index in [-0.39, 0.29) is 0 Å². The van der Waals surface area contributed by atoms with Gasteiger partial charge in [-0.2, -0.15) is 0 Å². The van der Waals surface area contributed by atoms with E-state index in [0.717, 1.165) is 59.4 Å². The quantitative estimate of drug-likeness (QED) is 0.139. The number of benzene rings is 5. The number of ether oxygens (including phenoxy) is 2. The van der Waals surface area contributed by atoms with Gasteiger partial charge in [-0.3, -0.25) is 0 Å². The van der Waals surface area contributed by atoms with E-state index in [1.807, 2.05) is 0 Å². The largest absolute Gasteiger partial charge is 0.493 e. The fourth-order valence-corrected chi connectivity index (χ4v) is 5.25. The van der Waals surface area contributed by atoms with E-state index < -0.39 is 0 Å². The molecule has 0 aliphatic rings. The van der Waals surface area contributed by atoms with Gasteiger partial charge in [-0.25, -0.2) is 0 Å². The second-order valence-electron chi connectivity index (χ2n) is 11.6. The highest BCUT2D eigenvalue weighted by Gasteiger charge is 2.16. The summed E-state index contributed by atoms with van der Waals surface area (Å²) in [6.45, 7) is 12.2. The Morgan fingerprint density at radius 1 is 0.419 bits per heavy atom. The van der Waals surface area contributed by atoms with Gasteiger partial charge in [0.05, 0.1) is 13.2 Å². The minimum absolute atomic E-state index is 0.687. The van der Waals surface area contributed by atoms with Gasteiger partial charge in [0.1, 0.15) is 11.5 Å². The van der Waals surface area contributed by atoms with Crippen LogP contribution in [-0.2, 0) is 0 Å². The van der Waals surface area contributed by atoms with E-state index in [2.05, 4.69) is 138 Å². The third-order valence-corrected chi connectivity index (χ3v) is 8.21. The maximum atomic E-state index is 6.47. The molecule has 0 aliphatic carbocycles. The van der Waals surface area contributed by atoms with Crippen molar-refractivity contribution in [1.29, 1.82) is 0 Å². The molecule has 0 unspecified atom stereocenters. The molecule has 0 bridgehead atoms. The Bertz CT molecular complexity index is 1630. The molecule has 2 nitrogen and oxygen atoms in total. The van der Waals surface area contributed by atoms with Gasteiger partial charge in [0.25, 0.3) is 0 Å². The molecule has 0 atom stereocenters. The lowest BCUT2D eigenvalue weighted by molar-refractivity contribution is 0.303. The average Bonchev–Trinajstić information content (AvgIpc) is 3.03. The molecule has 5 rings (SSSR count). The van der Waals surface area contributed by atoms with Gasteiger partial charge < -0.3 is 9.47 Å². The molecule has 5 aromatic rings. The normalized spacial score (nSPS) is 11.0. The lowest BCUT2D eigenvalue weighted by Gasteiger charge is -2.19. The molecule has 0 amide bonds. The highest BCUT2D eigenvalue weighted by Crippen LogP contribution is 2.42. The van der Waals surface area contributed by atoms with E-state index in [1.165, 1.54) is 38.9 Å². The van der Waals surface area contributed by atoms with Gasteiger partial charge in [0.2, 0.25) is 0 Å². The highest BCUT2D eigenvalue weighted by atomic mass is 16.5. The molecule has 43 heavy (non-hydrogen) atoms. The first-order valence-electron chi connectivity index (χ1n) is 15.8. The van der Waals surface area contributed by atoms with Crippen molar-refractivity contribution in [3.8, 4) is 56.0 Å². The van der Waals surface area contributed by atoms with Crippen LogP contribution in [0.1, 0.15) is 56.2 Å². The van der Waals surface area contributed by atoms with Crippen molar-refractivity contribution in [2.24, 2.45) is 0 Å². The average molecular weight is 569 g/mol. The third-order valence-electron chi connectivity index (χ3n) is 8.21. The van der Waals surface area contributed by atoms with Crippen LogP contribution < -0.4 is 9.47 Å². The summed E-state index contributed by atoms with van der Waals surface area (Å²) in [5, 5.41) is 0. The van der Waals surface area contributed by atoms with Crippen LogP contribution in [0.2, 0.25) is 0 Å². The van der Waals surface area contributed by atoms with E-state index in [1.54, 1.807) is 0 Å². The van der Waals surface area contributed by atoms with Crippen molar-refractivity contribution >= 4 is 0 Å². The van der Waals surface area contributed by atoms with Gasteiger partial charge in [-0.05, 0) is 90.3 Å². The van der Waals surface area contributed by atoms with E-state index >= 15 is 0 Å². The van der Waals surface area contributed by atoms with Crippen LogP contribution in [0.25, 0.3) is 44.5 Å². The number of unbranched alkanes of at least 4 members (excludes halogenated alkanes) is 2. The maximum absolute atomic E-state index is 6.47. The van der Waals surface area contributed by atoms with Crippen LogP contribution in [0.15, 0.2) is 103 Å². The third kappa shape index (κ3) is 7.38. The Balaban J connectivity index is 1.54. The van der Waals surface area contributed by atoms with Crippen LogP contribution in [0.5, 0.6) is 11.5 Å². The monoisotopic (exact) mass is 568 g/mol. The molecule has 0 heterocycles. The fourth-order valence-electron chi connectivity index (χ4n) is 5.25. The first-order valence-corrected chi connectivity index (χ1v) is 15.8. The smallest absolute Gasteiger partial charge is 0.128 e. The van der Waals surface area contributed by atoms with Gasteiger partial charge in [0, 0.05) is 11.1 Å². The van der Waals surface area contributed by atoms with Crippen molar-refractivity contribution in [3.63, 3.8) is 0 Å². The molecule has 5 aromatic carbocycles. The topological polar surface area (TPSA) is 18.5 Å². The summed E-state index contributed by atoms with van der Waals surface area (Å²) in [4.78, 5) is 0. The summed E-state index contributed by atoms with van der Waals surface area (Å²) in [5.41, 5.74) is 13.1. The second kappa shape index (κ2) is 14.2. The van der Waals surface area contributed by atoms with E-state index in [0.29, 0.717) is 13.2 Å². The lowest BCUT2D eigenvalue weighted by Crippen LogP contribution is -2.02. The zero-order chi connectivity index (χ0) is 30.2. The van der Waals surface area contributed by atoms with Gasteiger partial charge in [-0.15, -0.1) is 0 Å². The zero-order valence-electron chi connectivity index (χ0n) is 26.4. The van der Waals surface area contributed by atoms with Gasteiger partial charge in [0.15, 0.2) is 0 Å². The van der Waals surface area contributed by atoms with Crippen LogP contribution in [0.3, 0.4) is 0 Å². The van der Waals surface area contributed by atoms with Crippen LogP contribution in [0, 0.1) is 20.8 Å². The summed E-state index contributed by atoms with van der Waals surface area (Å²) < 4.78 is 12.9. The van der Waals surface area contributed by atoms with E-state index in [9.17, 15) is 0 Å². The summed E-state index contributed by atoms with van der Waals surface area (Å²) >= 11 is 0. The molecule has 0 spiro atoms. The molecular formula is C41H44O2. The Labute approximate surface area is 258 Å². The molecule has 0 radical (unpaired) electrons. The van der Waals surface area contributed by atoms with Crippen LogP contribution >= 0.6 is 0 Å². The van der Waals surface area contributed by atoms with Gasteiger partial charge >= 0.3 is 0 Å². The predicted octanol–water partition coefficient (Wildman–Crippen LogP) is 11.6. The standard InChI is InChI=1S/C41H44O2/c1-6-8-24-42-40-28-39(36-22-18-34(19-23-36)37-15-12-30(4)31(5)26-37)41(43-25-9-7-2)27-38(40)35-20-16-33(17-21-35)32-13-10-29(3)11-14-32/h10-23,26-28H,6-9,24-25H2,1-5H3. The molecule has 0 saturated carbocycles. The van der Waals surface area contributed by atoms with Gasteiger partial charge in [-0.1, -0.05) is 123 Å². The number of hydrogen-bond acceptors (Lipinski definition) is 2. The van der Waals surface area contributed by atoms with Crippen molar-refractivity contribution in [1.82, 2.24) is 0 Å². The fraction of sp³-hybridized carbons (Fsp3) is 0.268. The molecule has 0 aromatic heterocycles. The van der Waals surface area contributed by atoms with Crippen LogP contribution in [-0.4, -0.2) is 13.2 Å². The second-order valence-corrected chi connectivity index (χ2v) is 11.6. The summed E-state index contributed by atoms with van der Waals surface area (Å²) in [6.07, 6.45) is 4.21. The molecular weight excluding hydrogens is 524 g/mol. The molecule has 2 heteroatoms. The Morgan fingerprint density at radius 3 is 1.26 bits per heavy atom. The Kier molecular flexibility index (Phi) is 10.00. The molecule has 220 valence electrons. The minimum atomic E-state index is 0.687. The number of hydrogen-bond donors (Lipinski definition) is 0. The Hall–Kier alpha value is -4.30. The van der Waals surface area contributed by atoms with Crippen LogP contribution in [0.4, 0.5) is 0 Å². The molecule has 0 fully saturated rings. The summed E-state index contributed by atoms with van der Waals surface area (Å²) in [5.74, 6) is 1.79. The predicted molar refractivity (Wildman–Crippen MR) is 183 cm³/mol. The SMILES string of the molecule is CCCCOc1cc(-c2ccc(-c3ccc(C)c(C)c3)cc2)c(OCCCC)cc1-c1ccc(-c2ccc(C)cc2)cc1. The highest BCUT2D eigenvalue weighted by molar-refractivity contribution is 5.83. The minimum Gasteiger partial charge on any atom is -0.493 e. The Morgan fingerprint density at radius 2 is 0.814 bits per heavy atom. The first-order chi connectivity index (χ1) is 21.0. The first kappa shape index (κ1) is 30.2. The number of aryl methyl sites for hydroxylation is 3. The van der Waals surface area contributed by atoms with Crippen molar-refractivity contribution in [2.75, 3.05) is 13.2 Å². The molecule has 0 N–H and O–H groups in total. The number of rotatable bonds is 12. The van der Waals surface area contributed by atoms with E-state index in [4.69, 9.17) is 9.47 Å². The maximum Gasteiger partial charge on any atom is 0.128 e. The molecule has 0 aliphatic heterocycles. The molecule has 0 saturated heterocycles. The van der Waals surface area contributed by atoms with Crippen molar-refractivity contribution in [2.45, 2.75) is 60.3 Å². The lowest BCUT2D eigenvalue weighted by atomic mass is 9.94. The van der Waals surface area contributed by atoms with Crippen molar-refractivity contribution < 1.29 is 9.47 Å². The zero-order valence-corrected chi connectivity index (χ0v) is 26.4.